The van der Waals surface area contributed by atoms with E-state index in [2.05, 4.69) is 5.32 Å². The van der Waals surface area contributed by atoms with Crippen LogP contribution in [-0.2, 0) is 25.6 Å². The summed E-state index contributed by atoms with van der Waals surface area (Å²) in [4.78, 5) is 24.5. The number of benzene rings is 1. The standard InChI is InChI=1S/C20H29NO5.C2H6/c1-20(2,3)26-19(23)21-17(18(22)25-16-11-7-8-12-16)14-24-13-15-9-5-4-6-10-15;1-2/h4-6,9-10,16-17H,7-8,11-14H2,1-3H3,(H,21,23);1-2H3. The first-order chi connectivity index (χ1) is 13.3. The maximum atomic E-state index is 12.5. The molecule has 1 aromatic rings. The quantitative estimate of drug-likeness (QED) is 0.685. The minimum absolute atomic E-state index is 0.0275. The van der Waals surface area contributed by atoms with Crippen molar-refractivity contribution in [3.63, 3.8) is 0 Å². The Morgan fingerprint density at radius 1 is 1.11 bits per heavy atom. The molecule has 0 aromatic heterocycles. The van der Waals surface area contributed by atoms with Crippen molar-refractivity contribution in [1.82, 2.24) is 5.32 Å². The van der Waals surface area contributed by atoms with Crippen LogP contribution in [0.5, 0.6) is 0 Å². The third-order valence-electron chi connectivity index (χ3n) is 3.96. The van der Waals surface area contributed by atoms with Crippen LogP contribution in [0.15, 0.2) is 30.3 Å². The summed E-state index contributed by atoms with van der Waals surface area (Å²) in [5, 5.41) is 2.57. The van der Waals surface area contributed by atoms with Gasteiger partial charge in [-0.15, -0.1) is 0 Å². The van der Waals surface area contributed by atoms with Gasteiger partial charge >= 0.3 is 12.1 Å². The topological polar surface area (TPSA) is 73.9 Å². The number of esters is 1. The van der Waals surface area contributed by atoms with E-state index in [9.17, 15) is 9.59 Å². The van der Waals surface area contributed by atoms with E-state index in [-0.39, 0.29) is 12.7 Å². The van der Waals surface area contributed by atoms with Gasteiger partial charge in [-0.1, -0.05) is 44.2 Å². The van der Waals surface area contributed by atoms with E-state index in [0.29, 0.717) is 6.61 Å². The average Bonchev–Trinajstić information content (AvgIpc) is 3.15. The molecule has 1 aliphatic rings. The van der Waals surface area contributed by atoms with Crippen molar-refractivity contribution in [1.29, 1.82) is 0 Å². The number of rotatable bonds is 7. The van der Waals surface area contributed by atoms with Gasteiger partial charge < -0.3 is 19.5 Å². The van der Waals surface area contributed by atoms with Crippen LogP contribution in [0, 0.1) is 0 Å². The number of hydrogen-bond acceptors (Lipinski definition) is 5. The number of alkyl carbamates (subject to hydrolysis) is 1. The van der Waals surface area contributed by atoms with Gasteiger partial charge in [0.25, 0.3) is 0 Å². The number of nitrogens with one attached hydrogen (secondary N) is 1. The lowest BCUT2D eigenvalue weighted by Gasteiger charge is -2.24. The Morgan fingerprint density at radius 2 is 1.71 bits per heavy atom. The van der Waals surface area contributed by atoms with E-state index in [0.717, 1.165) is 31.2 Å². The minimum atomic E-state index is -0.894. The maximum Gasteiger partial charge on any atom is 0.408 e. The maximum absolute atomic E-state index is 12.5. The van der Waals surface area contributed by atoms with Crippen molar-refractivity contribution in [2.24, 2.45) is 0 Å². The van der Waals surface area contributed by atoms with E-state index in [1.807, 2.05) is 44.2 Å². The summed E-state index contributed by atoms with van der Waals surface area (Å²) in [5.41, 5.74) is 0.349. The zero-order valence-electron chi connectivity index (χ0n) is 17.8. The van der Waals surface area contributed by atoms with Gasteiger partial charge in [-0.2, -0.15) is 0 Å². The number of hydrogen-bond donors (Lipinski definition) is 1. The summed E-state index contributed by atoms with van der Waals surface area (Å²) in [7, 11) is 0. The normalized spacial score (nSPS) is 15.2. The second-order valence-corrected chi connectivity index (χ2v) is 7.54. The largest absolute Gasteiger partial charge is 0.461 e. The lowest BCUT2D eigenvalue weighted by Crippen LogP contribution is -2.47. The Bertz CT molecular complexity index is 576. The zero-order chi connectivity index (χ0) is 21.0. The lowest BCUT2D eigenvalue weighted by atomic mass is 10.2. The Morgan fingerprint density at radius 3 is 2.29 bits per heavy atom. The summed E-state index contributed by atoms with van der Waals surface area (Å²) >= 11 is 0. The fourth-order valence-corrected chi connectivity index (χ4v) is 2.74. The molecule has 1 atom stereocenters. The molecular weight excluding hydrogens is 358 g/mol. The molecule has 6 heteroatoms. The number of carbonyl (C=O) groups is 2. The molecule has 0 heterocycles. The second-order valence-electron chi connectivity index (χ2n) is 7.54. The molecule has 1 fully saturated rings. The smallest absolute Gasteiger partial charge is 0.408 e. The molecule has 1 amide bonds. The Hall–Kier alpha value is -2.08. The van der Waals surface area contributed by atoms with Crippen LogP contribution in [0.25, 0.3) is 0 Å². The first-order valence-electron chi connectivity index (χ1n) is 10.2. The van der Waals surface area contributed by atoms with Crippen LogP contribution in [0.1, 0.15) is 65.9 Å². The Balaban J connectivity index is 0.00000190. The van der Waals surface area contributed by atoms with Crippen molar-refractivity contribution in [3.05, 3.63) is 35.9 Å². The summed E-state index contributed by atoms with van der Waals surface area (Å²) < 4.78 is 16.4. The third kappa shape index (κ3) is 9.74. The summed E-state index contributed by atoms with van der Waals surface area (Å²) in [6.07, 6.45) is 3.14. The summed E-state index contributed by atoms with van der Waals surface area (Å²) in [6, 6.07) is 8.75. The molecule has 6 nitrogen and oxygen atoms in total. The lowest BCUT2D eigenvalue weighted by molar-refractivity contribution is -0.153. The third-order valence-corrected chi connectivity index (χ3v) is 3.96. The molecule has 28 heavy (non-hydrogen) atoms. The fraction of sp³-hybridized carbons (Fsp3) is 0.636. The van der Waals surface area contributed by atoms with E-state index in [4.69, 9.17) is 14.2 Å². The molecule has 1 aliphatic carbocycles. The number of ether oxygens (including phenoxy) is 3. The summed E-state index contributed by atoms with van der Waals surface area (Å²) in [5.74, 6) is -0.476. The molecule has 1 saturated carbocycles. The van der Waals surface area contributed by atoms with Gasteiger partial charge in [0.05, 0.1) is 13.2 Å². The highest BCUT2D eigenvalue weighted by molar-refractivity contribution is 5.81. The molecular formula is C22H35NO5. The van der Waals surface area contributed by atoms with Crippen LogP contribution < -0.4 is 5.32 Å². The Labute approximate surface area is 168 Å². The van der Waals surface area contributed by atoms with Crippen LogP contribution in [0.3, 0.4) is 0 Å². The van der Waals surface area contributed by atoms with Gasteiger partial charge in [-0.05, 0) is 52.0 Å². The predicted octanol–water partition coefficient (Wildman–Crippen LogP) is 4.61. The molecule has 158 valence electrons. The number of carbonyl (C=O) groups excluding carboxylic acids is 2. The number of amides is 1. The molecule has 1 N–H and O–H groups in total. The highest BCUT2D eigenvalue weighted by atomic mass is 16.6. The molecule has 1 unspecified atom stereocenters. The second kappa shape index (κ2) is 12.4. The first-order valence-corrected chi connectivity index (χ1v) is 10.2. The molecule has 0 radical (unpaired) electrons. The van der Waals surface area contributed by atoms with E-state index >= 15 is 0 Å². The molecule has 1 aromatic carbocycles. The van der Waals surface area contributed by atoms with Crippen molar-refractivity contribution >= 4 is 12.1 Å². The molecule has 0 aliphatic heterocycles. The SMILES string of the molecule is CC.CC(C)(C)OC(=O)NC(COCc1ccccc1)C(=O)OC1CCCC1. The van der Waals surface area contributed by atoms with E-state index in [1.54, 1.807) is 20.8 Å². The first kappa shape index (κ1) is 24.0. The van der Waals surface area contributed by atoms with Crippen molar-refractivity contribution in [3.8, 4) is 0 Å². The van der Waals surface area contributed by atoms with Crippen LogP contribution >= 0.6 is 0 Å². The molecule has 2 rings (SSSR count). The zero-order valence-corrected chi connectivity index (χ0v) is 17.8. The van der Waals surface area contributed by atoms with Crippen LogP contribution in [0.4, 0.5) is 4.79 Å². The fourth-order valence-electron chi connectivity index (χ4n) is 2.74. The van der Waals surface area contributed by atoms with Crippen molar-refractivity contribution in [2.75, 3.05) is 6.61 Å². The van der Waals surface area contributed by atoms with E-state index in [1.165, 1.54) is 0 Å². The van der Waals surface area contributed by atoms with Gasteiger partial charge in [0.15, 0.2) is 6.04 Å². The molecule has 0 spiro atoms. The predicted molar refractivity (Wildman–Crippen MR) is 109 cm³/mol. The average molecular weight is 394 g/mol. The minimum Gasteiger partial charge on any atom is -0.461 e. The van der Waals surface area contributed by atoms with Crippen molar-refractivity contribution < 1.29 is 23.8 Å². The van der Waals surface area contributed by atoms with Gasteiger partial charge in [0, 0.05) is 0 Å². The highest BCUT2D eigenvalue weighted by Gasteiger charge is 2.29. The van der Waals surface area contributed by atoms with Gasteiger partial charge in [-0.25, -0.2) is 9.59 Å². The van der Waals surface area contributed by atoms with Crippen LogP contribution in [0.2, 0.25) is 0 Å². The van der Waals surface area contributed by atoms with E-state index < -0.39 is 23.7 Å². The van der Waals surface area contributed by atoms with Gasteiger partial charge in [0.1, 0.15) is 11.7 Å². The summed E-state index contributed by atoms with van der Waals surface area (Å²) in [6.45, 7) is 9.68. The van der Waals surface area contributed by atoms with Crippen molar-refractivity contribution in [2.45, 2.75) is 84.7 Å². The van der Waals surface area contributed by atoms with Crippen LogP contribution in [-0.4, -0.2) is 36.4 Å². The van der Waals surface area contributed by atoms with Gasteiger partial charge in [0.2, 0.25) is 0 Å². The monoisotopic (exact) mass is 393 g/mol. The highest BCUT2D eigenvalue weighted by Crippen LogP contribution is 2.21. The van der Waals surface area contributed by atoms with Gasteiger partial charge in [-0.3, -0.25) is 0 Å². The molecule has 0 bridgehead atoms. The Kier molecular flexibility index (Phi) is 10.6. The molecule has 0 saturated heterocycles.